The number of aryl methyl sites for hydroxylation is 1. The average molecular weight is 244 g/mol. The lowest BCUT2D eigenvalue weighted by molar-refractivity contribution is 0.584. The summed E-state index contributed by atoms with van der Waals surface area (Å²) in [6.45, 7) is 0.577. The van der Waals surface area contributed by atoms with Crippen LogP contribution in [0.1, 0.15) is 33.5 Å². The van der Waals surface area contributed by atoms with Crippen LogP contribution in [0.5, 0.6) is 0 Å². The second-order valence-corrected chi connectivity index (χ2v) is 5.70. The molecule has 1 aromatic carbocycles. The standard InChI is InChI=1S/C14H16N2S/c15-9-14-16-12-7-6-11(8-13(12)17-14)10-4-2-1-3-5-10/h1-5,11H,6-9,15H2/t11-/m1/s1. The van der Waals surface area contributed by atoms with Crippen molar-refractivity contribution in [3.8, 4) is 0 Å². The Balaban J connectivity index is 1.85. The third kappa shape index (κ3) is 2.13. The Morgan fingerprint density at radius 2 is 2.12 bits per heavy atom. The minimum absolute atomic E-state index is 0.577. The molecule has 3 rings (SSSR count). The second-order valence-electron chi connectivity index (χ2n) is 4.53. The van der Waals surface area contributed by atoms with Crippen molar-refractivity contribution >= 4 is 11.3 Å². The topological polar surface area (TPSA) is 38.9 Å². The van der Waals surface area contributed by atoms with Crippen LogP contribution < -0.4 is 5.73 Å². The molecule has 0 aliphatic heterocycles. The monoisotopic (exact) mass is 244 g/mol. The van der Waals surface area contributed by atoms with E-state index in [0.717, 1.165) is 17.8 Å². The van der Waals surface area contributed by atoms with E-state index in [1.807, 2.05) is 0 Å². The molecule has 0 bridgehead atoms. The molecule has 0 amide bonds. The molecule has 0 saturated heterocycles. The molecule has 1 atom stereocenters. The molecule has 2 N–H and O–H groups in total. The lowest BCUT2D eigenvalue weighted by Gasteiger charge is -2.21. The Morgan fingerprint density at radius 1 is 1.29 bits per heavy atom. The number of nitrogens with zero attached hydrogens (tertiary/aromatic N) is 1. The summed E-state index contributed by atoms with van der Waals surface area (Å²) in [5, 5.41) is 1.09. The number of thiazole rings is 1. The molecule has 2 nitrogen and oxygen atoms in total. The first-order valence-electron chi connectivity index (χ1n) is 6.09. The third-order valence-corrected chi connectivity index (χ3v) is 4.57. The van der Waals surface area contributed by atoms with Gasteiger partial charge in [0.15, 0.2) is 0 Å². The van der Waals surface area contributed by atoms with Gasteiger partial charge >= 0.3 is 0 Å². The van der Waals surface area contributed by atoms with Gasteiger partial charge in [-0.15, -0.1) is 11.3 Å². The fourth-order valence-electron chi connectivity index (χ4n) is 2.53. The van der Waals surface area contributed by atoms with Gasteiger partial charge in [0.1, 0.15) is 5.01 Å². The number of nitrogens with two attached hydrogens (primary N) is 1. The van der Waals surface area contributed by atoms with Crippen molar-refractivity contribution in [2.75, 3.05) is 0 Å². The van der Waals surface area contributed by atoms with Crippen LogP contribution in [0, 0.1) is 0 Å². The molecule has 3 heteroatoms. The summed E-state index contributed by atoms with van der Waals surface area (Å²) in [5.41, 5.74) is 8.41. The molecule has 0 fully saturated rings. The van der Waals surface area contributed by atoms with Crippen molar-refractivity contribution in [2.24, 2.45) is 5.73 Å². The first kappa shape index (κ1) is 10.9. The highest BCUT2D eigenvalue weighted by Gasteiger charge is 2.23. The molecular formula is C14H16N2S. The van der Waals surface area contributed by atoms with E-state index >= 15 is 0 Å². The van der Waals surface area contributed by atoms with E-state index in [9.17, 15) is 0 Å². The van der Waals surface area contributed by atoms with Crippen LogP contribution in [-0.2, 0) is 19.4 Å². The average Bonchev–Trinajstić information content (AvgIpc) is 2.81. The molecule has 17 heavy (non-hydrogen) atoms. The SMILES string of the molecule is NCc1nc2c(s1)C[C@H](c1ccccc1)CC2. The second kappa shape index (κ2) is 4.59. The molecule has 0 saturated carbocycles. The van der Waals surface area contributed by atoms with E-state index in [4.69, 9.17) is 5.73 Å². The quantitative estimate of drug-likeness (QED) is 0.882. The molecule has 1 aromatic heterocycles. The zero-order chi connectivity index (χ0) is 11.7. The molecule has 0 radical (unpaired) electrons. The Kier molecular flexibility index (Phi) is 2.95. The maximum atomic E-state index is 5.66. The summed E-state index contributed by atoms with van der Waals surface area (Å²) in [6, 6.07) is 10.8. The van der Waals surface area contributed by atoms with Gasteiger partial charge < -0.3 is 5.73 Å². The van der Waals surface area contributed by atoms with E-state index < -0.39 is 0 Å². The lowest BCUT2D eigenvalue weighted by Crippen LogP contribution is -2.11. The number of hydrogen-bond acceptors (Lipinski definition) is 3. The molecular weight excluding hydrogens is 228 g/mol. The van der Waals surface area contributed by atoms with Crippen LogP contribution in [-0.4, -0.2) is 4.98 Å². The van der Waals surface area contributed by atoms with Gasteiger partial charge in [-0.2, -0.15) is 0 Å². The summed E-state index contributed by atoms with van der Waals surface area (Å²) in [5.74, 6) is 0.662. The maximum Gasteiger partial charge on any atom is 0.107 e. The van der Waals surface area contributed by atoms with Crippen molar-refractivity contribution in [2.45, 2.75) is 31.7 Å². The summed E-state index contributed by atoms with van der Waals surface area (Å²) in [7, 11) is 0. The van der Waals surface area contributed by atoms with E-state index in [1.165, 1.54) is 22.6 Å². The summed E-state index contributed by atoms with van der Waals surface area (Å²) in [6.07, 6.45) is 3.45. The number of hydrogen-bond donors (Lipinski definition) is 1. The summed E-state index contributed by atoms with van der Waals surface area (Å²) in [4.78, 5) is 6.04. The van der Waals surface area contributed by atoms with Gasteiger partial charge in [0.2, 0.25) is 0 Å². The van der Waals surface area contributed by atoms with Crippen LogP contribution >= 0.6 is 11.3 Å². The first-order chi connectivity index (χ1) is 8.36. The molecule has 88 valence electrons. The highest BCUT2D eigenvalue weighted by Crippen LogP contribution is 2.35. The van der Waals surface area contributed by atoms with Crippen LogP contribution in [0.15, 0.2) is 30.3 Å². The highest BCUT2D eigenvalue weighted by atomic mass is 32.1. The summed E-state index contributed by atoms with van der Waals surface area (Å²) >= 11 is 1.80. The Bertz CT molecular complexity index is 504. The number of benzene rings is 1. The van der Waals surface area contributed by atoms with Gasteiger partial charge in [-0.05, 0) is 30.7 Å². The van der Waals surface area contributed by atoms with Crippen LogP contribution in [0.2, 0.25) is 0 Å². The molecule has 0 unspecified atom stereocenters. The molecule has 1 aliphatic carbocycles. The van der Waals surface area contributed by atoms with Crippen molar-refractivity contribution in [3.63, 3.8) is 0 Å². The van der Waals surface area contributed by atoms with E-state index in [-0.39, 0.29) is 0 Å². The van der Waals surface area contributed by atoms with Crippen molar-refractivity contribution in [1.82, 2.24) is 4.98 Å². The normalized spacial score (nSPS) is 19.0. The third-order valence-electron chi connectivity index (χ3n) is 3.43. The van der Waals surface area contributed by atoms with Gasteiger partial charge in [-0.3, -0.25) is 0 Å². The smallest absolute Gasteiger partial charge is 0.107 e. The van der Waals surface area contributed by atoms with Crippen LogP contribution in [0.25, 0.3) is 0 Å². The fourth-order valence-corrected chi connectivity index (χ4v) is 3.60. The Labute approximate surface area is 106 Å². The van der Waals surface area contributed by atoms with Gasteiger partial charge in [-0.1, -0.05) is 30.3 Å². The Morgan fingerprint density at radius 3 is 2.88 bits per heavy atom. The minimum atomic E-state index is 0.577. The van der Waals surface area contributed by atoms with E-state index in [1.54, 1.807) is 11.3 Å². The van der Waals surface area contributed by atoms with Crippen molar-refractivity contribution in [3.05, 3.63) is 51.5 Å². The zero-order valence-electron chi connectivity index (χ0n) is 9.73. The number of aromatic nitrogens is 1. The van der Waals surface area contributed by atoms with Gasteiger partial charge in [0.05, 0.1) is 5.69 Å². The van der Waals surface area contributed by atoms with E-state index in [2.05, 4.69) is 35.3 Å². The van der Waals surface area contributed by atoms with Crippen LogP contribution in [0.3, 0.4) is 0 Å². The number of rotatable bonds is 2. The zero-order valence-corrected chi connectivity index (χ0v) is 10.5. The largest absolute Gasteiger partial charge is 0.325 e. The van der Waals surface area contributed by atoms with E-state index in [0.29, 0.717) is 12.5 Å². The first-order valence-corrected chi connectivity index (χ1v) is 6.91. The van der Waals surface area contributed by atoms with Crippen LogP contribution in [0.4, 0.5) is 0 Å². The molecule has 2 aromatic rings. The van der Waals surface area contributed by atoms with Crippen molar-refractivity contribution < 1.29 is 0 Å². The van der Waals surface area contributed by atoms with Gasteiger partial charge in [0.25, 0.3) is 0 Å². The summed E-state index contributed by atoms with van der Waals surface area (Å²) < 4.78 is 0. The fraction of sp³-hybridized carbons (Fsp3) is 0.357. The predicted molar refractivity (Wildman–Crippen MR) is 71.2 cm³/mol. The molecule has 0 spiro atoms. The van der Waals surface area contributed by atoms with Gasteiger partial charge in [0, 0.05) is 11.4 Å². The highest BCUT2D eigenvalue weighted by molar-refractivity contribution is 7.11. The number of fused-ring (bicyclic) bond motifs is 1. The van der Waals surface area contributed by atoms with Crippen molar-refractivity contribution in [1.29, 1.82) is 0 Å². The minimum Gasteiger partial charge on any atom is -0.325 e. The lowest BCUT2D eigenvalue weighted by atomic mass is 9.85. The predicted octanol–water partition coefficient (Wildman–Crippen LogP) is 2.87. The molecule has 1 heterocycles. The molecule has 1 aliphatic rings. The Hall–Kier alpha value is -1.19. The van der Waals surface area contributed by atoms with Gasteiger partial charge in [-0.25, -0.2) is 4.98 Å². The maximum absolute atomic E-state index is 5.66.